The SMILES string of the molecule is CCCCCNC(=O)[C@@H](N)CCCCNc1nc(N)ncc1C(=O)NCc1ccc(F)cc1. The summed E-state index contributed by atoms with van der Waals surface area (Å²) in [7, 11) is 0. The summed E-state index contributed by atoms with van der Waals surface area (Å²) in [6.07, 6.45) is 6.55. The number of rotatable bonds is 14. The van der Waals surface area contributed by atoms with E-state index in [2.05, 4.69) is 32.8 Å². The average Bonchev–Trinajstić information content (AvgIpc) is 2.81. The van der Waals surface area contributed by atoms with Crippen molar-refractivity contribution < 1.29 is 14.0 Å². The molecule has 1 aromatic carbocycles. The summed E-state index contributed by atoms with van der Waals surface area (Å²) < 4.78 is 13.0. The van der Waals surface area contributed by atoms with E-state index in [4.69, 9.17) is 11.5 Å². The number of halogens is 1. The van der Waals surface area contributed by atoms with Gasteiger partial charge in [-0.05, 0) is 43.4 Å². The van der Waals surface area contributed by atoms with Crippen LogP contribution in [0.15, 0.2) is 30.5 Å². The molecule has 0 radical (unpaired) electrons. The van der Waals surface area contributed by atoms with Gasteiger partial charge in [0, 0.05) is 25.8 Å². The maximum absolute atomic E-state index is 13.0. The lowest BCUT2D eigenvalue weighted by molar-refractivity contribution is -0.122. The Kier molecular flexibility index (Phi) is 11.0. The van der Waals surface area contributed by atoms with Gasteiger partial charge in [-0.25, -0.2) is 9.37 Å². The number of nitrogens with zero attached hydrogens (tertiary/aromatic N) is 2. The van der Waals surface area contributed by atoms with Gasteiger partial charge in [0.15, 0.2) is 0 Å². The fourth-order valence-corrected chi connectivity index (χ4v) is 3.12. The predicted molar refractivity (Wildman–Crippen MR) is 127 cm³/mol. The Bertz CT molecular complexity index is 893. The van der Waals surface area contributed by atoms with Crippen molar-refractivity contribution in [3.63, 3.8) is 0 Å². The number of hydrogen-bond acceptors (Lipinski definition) is 7. The third-order valence-corrected chi connectivity index (χ3v) is 5.07. The molecule has 0 aliphatic heterocycles. The van der Waals surface area contributed by atoms with Crippen LogP contribution in [0.25, 0.3) is 0 Å². The second-order valence-corrected chi connectivity index (χ2v) is 7.83. The van der Waals surface area contributed by atoms with Gasteiger partial charge in [-0.1, -0.05) is 31.9 Å². The van der Waals surface area contributed by atoms with Crippen molar-refractivity contribution in [3.8, 4) is 0 Å². The van der Waals surface area contributed by atoms with Crippen LogP contribution in [0.1, 0.15) is 61.4 Å². The fourth-order valence-electron chi connectivity index (χ4n) is 3.12. The van der Waals surface area contributed by atoms with Gasteiger partial charge in [-0.2, -0.15) is 4.98 Å². The maximum Gasteiger partial charge on any atom is 0.256 e. The number of carbonyl (C=O) groups is 2. The van der Waals surface area contributed by atoms with Crippen molar-refractivity contribution in [2.45, 2.75) is 58.0 Å². The lowest BCUT2D eigenvalue weighted by Crippen LogP contribution is -2.40. The molecule has 0 aliphatic rings. The Morgan fingerprint density at radius 2 is 1.79 bits per heavy atom. The molecular formula is C23H34FN7O2. The number of amides is 2. The van der Waals surface area contributed by atoms with Crippen molar-refractivity contribution in [2.75, 3.05) is 24.1 Å². The summed E-state index contributed by atoms with van der Waals surface area (Å²) in [6, 6.07) is 5.34. The summed E-state index contributed by atoms with van der Waals surface area (Å²) in [6.45, 7) is 3.53. The standard InChI is InChI=1S/C23H34FN7O2/c1-2-3-5-13-28-22(33)19(25)7-4-6-12-27-20-18(15-30-23(26)31-20)21(32)29-14-16-8-10-17(24)11-9-16/h8-11,15,19H,2-7,12-14,25H2,1H3,(H,28,33)(H,29,32)(H3,26,27,30,31)/t19-/m0/s1. The van der Waals surface area contributed by atoms with E-state index < -0.39 is 6.04 Å². The summed E-state index contributed by atoms with van der Waals surface area (Å²) in [4.78, 5) is 32.6. The highest BCUT2D eigenvalue weighted by Crippen LogP contribution is 2.14. The van der Waals surface area contributed by atoms with Crippen molar-refractivity contribution >= 4 is 23.6 Å². The number of nitrogen functional groups attached to an aromatic ring is 1. The van der Waals surface area contributed by atoms with E-state index in [1.807, 2.05) is 0 Å². The van der Waals surface area contributed by atoms with Crippen LogP contribution >= 0.6 is 0 Å². The molecule has 180 valence electrons. The van der Waals surface area contributed by atoms with E-state index in [1.54, 1.807) is 12.1 Å². The quantitative estimate of drug-likeness (QED) is 0.272. The molecule has 33 heavy (non-hydrogen) atoms. The zero-order valence-corrected chi connectivity index (χ0v) is 19.1. The number of aromatic nitrogens is 2. The highest BCUT2D eigenvalue weighted by molar-refractivity contribution is 5.98. The van der Waals surface area contributed by atoms with Crippen molar-refractivity contribution in [1.29, 1.82) is 0 Å². The highest BCUT2D eigenvalue weighted by atomic mass is 19.1. The molecule has 2 rings (SSSR count). The number of unbranched alkanes of at least 4 members (excludes halogenated alkanes) is 3. The molecule has 0 unspecified atom stereocenters. The third kappa shape index (κ3) is 9.40. The predicted octanol–water partition coefficient (Wildman–Crippen LogP) is 2.34. The molecule has 0 spiro atoms. The second-order valence-electron chi connectivity index (χ2n) is 7.83. The number of benzene rings is 1. The van der Waals surface area contributed by atoms with E-state index in [0.29, 0.717) is 25.3 Å². The Labute approximate surface area is 193 Å². The molecule has 2 amide bonds. The Morgan fingerprint density at radius 3 is 2.52 bits per heavy atom. The van der Waals surface area contributed by atoms with E-state index in [1.165, 1.54) is 18.3 Å². The zero-order valence-electron chi connectivity index (χ0n) is 19.1. The molecule has 0 saturated carbocycles. The largest absolute Gasteiger partial charge is 0.369 e. The van der Waals surface area contributed by atoms with Crippen molar-refractivity contribution in [3.05, 3.63) is 47.4 Å². The monoisotopic (exact) mass is 459 g/mol. The summed E-state index contributed by atoms with van der Waals surface area (Å²) in [5.41, 5.74) is 12.7. The van der Waals surface area contributed by atoms with E-state index in [-0.39, 0.29) is 35.7 Å². The van der Waals surface area contributed by atoms with Gasteiger partial charge < -0.3 is 27.4 Å². The summed E-state index contributed by atoms with van der Waals surface area (Å²) >= 11 is 0. The minimum absolute atomic E-state index is 0.0503. The normalized spacial score (nSPS) is 11.6. The van der Waals surface area contributed by atoms with Gasteiger partial charge in [0.1, 0.15) is 17.2 Å². The van der Waals surface area contributed by atoms with Gasteiger partial charge in [0.05, 0.1) is 6.04 Å². The number of carbonyl (C=O) groups excluding carboxylic acids is 2. The lowest BCUT2D eigenvalue weighted by Gasteiger charge is -2.13. The molecule has 1 atom stereocenters. The van der Waals surface area contributed by atoms with E-state index in [0.717, 1.165) is 37.7 Å². The van der Waals surface area contributed by atoms with Gasteiger partial charge in [0.25, 0.3) is 5.91 Å². The summed E-state index contributed by atoms with van der Waals surface area (Å²) in [5, 5.41) is 8.74. The first-order valence-electron chi connectivity index (χ1n) is 11.3. The van der Waals surface area contributed by atoms with Gasteiger partial charge >= 0.3 is 0 Å². The molecular weight excluding hydrogens is 425 g/mol. The van der Waals surface area contributed by atoms with Gasteiger partial charge in [-0.15, -0.1) is 0 Å². The van der Waals surface area contributed by atoms with Crippen LogP contribution in [0.5, 0.6) is 0 Å². The molecule has 0 aliphatic carbocycles. The van der Waals surface area contributed by atoms with Gasteiger partial charge in [-0.3, -0.25) is 9.59 Å². The van der Waals surface area contributed by atoms with Crippen LogP contribution in [0, 0.1) is 5.82 Å². The third-order valence-electron chi connectivity index (χ3n) is 5.07. The van der Waals surface area contributed by atoms with Crippen molar-refractivity contribution in [1.82, 2.24) is 20.6 Å². The van der Waals surface area contributed by atoms with E-state index >= 15 is 0 Å². The first-order chi connectivity index (χ1) is 15.9. The Balaban J connectivity index is 1.77. The minimum Gasteiger partial charge on any atom is -0.369 e. The summed E-state index contributed by atoms with van der Waals surface area (Å²) in [5.74, 6) is -0.449. The molecule has 7 N–H and O–H groups in total. The van der Waals surface area contributed by atoms with E-state index in [9.17, 15) is 14.0 Å². The van der Waals surface area contributed by atoms with Crippen LogP contribution < -0.4 is 27.4 Å². The molecule has 10 heteroatoms. The molecule has 0 saturated heterocycles. The average molecular weight is 460 g/mol. The van der Waals surface area contributed by atoms with Crippen LogP contribution in [0.3, 0.4) is 0 Å². The first-order valence-corrected chi connectivity index (χ1v) is 11.3. The number of nitrogens with one attached hydrogen (secondary N) is 3. The topological polar surface area (TPSA) is 148 Å². The van der Waals surface area contributed by atoms with Crippen LogP contribution in [-0.4, -0.2) is 40.9 Å². The van der Waals surface area contributed by atoms with Crippen LogP contribution in [-0.2, 0) is 11.3 Å². The zero-order chi connectivity index (χ0) is 24.1. The van der Waals surface area contributed by atoms with Crippen molar-refractivity contribution in [2.24, 2.45) is 5.73 Å². The number of hydrogen-bond donors (Lipinski definition) is 5. The lowest BCUT2D eigenvalue weighted by atomic mass is 10.1. The Morgan fingerprint density at radius 1 is 1.06 bits per heavy atom. The van der Waals surface area contributed by atoms with Crippen LogP contribution in [0.2, 0.25) is 0 Å². The first kappa shape index (κ1) is 26.0. The maximum atomic E-state index is 13.0. The number of anilines is 2. The minimum atomic E-state index is -0.533. The molecule has 0 fully saturated rings. The number of nitrogens with two attached hydrogens (primary N) is 2. The molecule has 1 aromatic heterocycles. The van der Waals surface area contributed by atoms with Crippen LogP contribution in [0.4, 0.5) is 16.2 Å². The second kappa shape index (κ2) is 14.0. The van der Waals surface area contributed by atoms with Gasteiger partial charge in [0.2, 0.25) is 11.9 Å². The molecule has 2 aromatic rings. The highest BCUT2D eigenvalue weighted by Gasteiger charge is 2.15. The molecule has 1 heterocycles. The smallest absolute Gasteiger partial charge is 0.256 e. The molecule has 9 nitrogen and oxygen atoms in total. The molecule has 0 bridgehead atoms. The Hall–Kier alpha value is -3.27. The fraction of sp³-hybridized carbons (Fsp3) is 0.478.